The number of nitrogens with zero attached hydrogens (tertiary/aromatic N) is 1. The van der Waals surface area contributed by atoms with Gasteiger partial charge in [-0.3, -0.25) is 4.98 Å². The molecule has 0 unspecified atom stereocenters. The van der Waals surface area contributed by atoms with Crippen LogP contribution in [0.2, 0.25) is 0 Å². The van der Waals surface area contributed by atoms with Gasteiger partial charge in [-0.2, -0.15) is 0 Å². The van der Waals surface area contributed by atoms with E-state index in [1.165, 1.54) is 0 Å². The van der Waals surface area contributed by atoms with E-state index >= 15 is 0 Å². The Morgan fingerprint density at radius 3 is 2.85 bits per heavy atom. The predicted molar refractivity (Wildman–Crippen MR) is 82.5 cm³/mol. The molecule has 0 radical (unpaired) electrons. The van der Waals surface area contributed by atoms with E-state index in [0.717, 1.165) is 20.9 Å². The van der Waals surface area contributed by atoms with Crippen LogP contribution < -0.4 is 5.32 Å². The Morgan fingerprint density at radius 1 is 1.40 bits per heavy atom. The number of alkyl carbamates (subject to hydrolysis) is 1. The lowest BCUT2D eigenvalue weighted by molar-refractivity contribution is 0.0523. The maximum atomic E-state index is 11.6. The zero-order valence-electron chi connectivity index (χ0n) is 11.7. The van der Waals surface area contributed by atoms with Crippen molar-refractivity contribution >= 4 is 32.8 Å². The zero-order chi connectivity index (χ0) is 14.8. The molecule has 0 atom stereocenters. The van der Waals surface area contributed by atoms with Crippen LogP contribution in [0.3, 0.4) is 0 Å². The highest BCUT2D eigenvalue weighted by Gasteiger charge is 2.15. The van der Waals surface area contributed by atoms with Gasteiger partial charge in [0, 0.05) is 16.1 Å². The molecule has 1 N–H and O–H groups in total. The first-order chi connectivity index (χ1) is 9.35. The van der Waals surface area contributed by atoms with E-state index in [-0.39, 0.29) is 0 Å². The van der Waals surface area contributed by atoms with Gasteiger partial charge in [0.1, 0.15) is 5.60 Å². The van der Waals surface area contributed by atoms with Crippen molar-refractivity contribution in [1.82, 2.24) is 10.3 Å². The second kappa shape index (κ2) is 5.79. The number of ether oxygens (including phenoxy) is 1. The number of rotatable bonds is 2. The lowest BCUT2D eigenvalue weighted by Gasteiger charge is -2.19. The van der Waals surface area contributed by atoms with Crippen LogP contribution in [0.5, 0.6) is 0 Å². The highest BCUT2D eigenvalue weighted by atomic mass is 79.9. The summed E-state index contributed by atoms with van der Waals surface area (Å²) in [5.74, 6) is 0. The second-order valence-electron chi connectivity index (χ2n) is 5.49. The third kappa shape index (κ3) is 3.93. The number of benzene rings is 1. The van der Waals surface area contributed by atoms with Crippen molar-refractivity contribution in [3.63, 3.8) is 0 Å². The molecule has 0 aliphatic heterocycles. The fraction of sp³-hybridized carbons (Fsp3) is 0.333. The highest BCUT2D eigenvalue weighted by molar-refractivity contribution is 9.10. The summed E-state index contributed by atoms with van der Waals surface area (Å²) >= 11 is 3.51. The molecule has 1 amide bonds. The van der Waals surface area contributed by atoms with Gasteiger partial charge in [-0.05, 0) is 38.3 Å². The molecule has 5 heteroatoms. The molecule has 0 fully saturated rings. The topological polar surface area (TPSA) is 51.2 Å². The summed E-state index contributed by atoms with van der Waals surface area (Å²) in [5, 5.41) is 4.83. The Bertz CT molecular complexity index is 635. The molecule has 1 heterocycles. The van der Waals surface area contributed by atoms with Crippen molar-refractivity contribution in [3.8, 4) is 0 Å². The number of aromatic nitrogens is 1. The number of carbonyl (C=O) groups is 1. The number of nitrogens with one attached hydrogen (secondary N) is 1. The van der Waals surface area contributed by atoms with E-state index in [2.05, 4.69) is 26.2 Å². The maximum absolute atomic E-state index is 11.6. The van der Waals surface area contributed by atoms with Crippen LogP contribution in [-0.4, -0.2) is 16.7 Å². The summed E-state index contributed by atoms with van der Waals surface area (Å²) in [7, 11) is 0. The maximum Gasteiger partial charge on any atom is 0.407 e. The molecule has 4 nitrogen and oxygen atoms in total. The van der Waals surface area contributed by atoms with Crippen molar-refractivity contribution in [1.29, 1.82) is 0 Å². The molecular formula is C15H17BrN2O2. The third-order valence-electron chi connectivity index (χ3n) is 2.58. The summed E-state index contributed by atoms with van der Waals surface area (Å²) in [5.41, 5.74) is 0.291. The van der Waals surface area contributed by atoms with Crippen LogP contribution in [0.4, 0.5) is 4.79 Å². The Hall–Kier alpha value is -1.62. The first-order valence-corrected chi connectivity index (χ1v) is 7.14. The summed E-state index contributed by atoms with van der Waals surface area (Å²) in [6.45, 7) is 5.83. The Labute approximate surface area is 126 Å². The van der Waals surface area contributed by atoms with Crippen LogP contribution in [0.1, 0.15) is 26.5 Å². The predicted octanol–water partition coefficient (Wildman–Crippen LogP) is 4.02. The average molecular weight is 337 g/mol. The molecule has 0 bridgehead atoms. The minimum atomic E-state index is -0.496. The molecule has 20 heavy (non-hydrogen) atoms. The Morgan fingerprint density at radius 2 is 2.15 bits per heavy atom. The van der Waals surface area contributed by atoms with Crippen LogP contribution in [-0.2, 0) is 11.3 Å². The van der Waals surface area contributed by atoms with E-state index < -0.39 is 11.7 Å². The summed E-state index contributed by atoms with van der Waals surface area (Å²) in [6.07, 6.45) is 1.36. The van der Waals surface area contributed by atoms with E-state index in [4.69, 9.17) is 4.74 Å². The van der Waals surface area contributed by atoms with Gasteiger partial charge >= 0.3 is 6.09 Å². The summed E-state index contributed by atoms with van der Waals surface area (Å²) in [6, 6.07) is 7.90. The number of amides is 1. The molecular weight excluding hydrogens is 320 g/mol. The van der Waals surface area contributed by atoms with Gasteiger partial charge in [0.15, 0.2) is 0 Å². The van der Waals surface area contributed by atoms with Gasteiger partial charge in [-0.25, -0.2) is 4.79 Å². The number of hydrogen-bond acceptors (Lipinski definition) is 3. The van der Waals surface area contributed by atoms with Crippen LogP contribution in [0.25, 0.3) is 10.8 Å². The number of fused-ring (bicyclic) bond motifs is 1. The van der Waals surface area contributed by atoms with Crippen LogP contribution in [0, 0.1) is 0 Å². The lowest BCUT2D eigenvalue weighted by Crippen LogP contribution is -2.32. The summed E-state index contributed by atoms with van der Waals surface area (Å²) < 4.78 is 6.19. The third-order valence-corrected chi connectivity index (χ3v) is 3.27. The first kappa shape index (κ1) is 14.8. The van der Waals surface area contributed by atoms with Crippen molar-refractivity contribution in [2.24, 2.45) is 0 Å². The lowest BCUT2D eigenvalue weighted by atomic mass is 10.1. The van der Waals surface area contributed by atoms with Gasteiger partial charge in [0.2, 0.25) is 0 Å². The zero-order valence-corrected chi connectivity index (χ0v) is 13.3. The minimum Gasteiger partial charge on any atom is -0.444 e. The van der Waals surface area contributed by atoms with Crippen LogP contribution >= 0.6 is 15.9 Å². The monoisotopic (exact) mass is 336 g/mol. The van der Waals surface area contributed by atoms with Gasteiger partial charge in [0.05, 0.1) is 12.2 Å². The Kier molecular flexibility index (Phi) is 4.28. The smallest absolute Gasteiger partial charge is 0.407 e. The van der Waals surface area contributed by atoms with Gasteiger partial charge in [0.25, 0.3) is 0 Å². The average Bonchev–Trinajstić information content (AvgIpc) is 2.35. The molecule has 0 aliphatic rings. The number of halogens is 1. The van der Waals surface area contributed by atoms with Gasteiger partial charge in [-0.1, -0.05) is 28.1 Å². The molecule has 2 rings (SSSR count). The van der Waals surface area contributed by atoms with Gasteiger partial charge < -0.3 is 10.1 Å². The standard InChI is InChI=1S/C15H17BrN2O2/c1-15(2,3)20-14(19)18-9-11-7-12-10(8-17-11)5-4-6-13(12)16/h4-8H,9H2,1-3H3,(H,18,19). The van der Waals surface area contributed by atoms with Crippen molar-refractivity contribution in [3.05, 3.63) is 40.6 Å². The fourth-order valence-electron chi connectivity index (χ4n) is 1.75. The van der Waals surface area contributed by atoms with Crippen LogP contribution in [0.15, 0.2) is 34.9 Å². The highest BCUT2D eigenvalue weighted by Crippen LogP contribution is 2.23. The fourth-order valence-corrected chi connectivity index (χ4v) is 2.24. The number of hydrogen-bond donors (Lipinski definition) is 1. The normalized spacial score (nSPS) is 11.4. The van der Waals surface area contributed by atoms with E-state index in [1.54, 1.807) is 6.20 Å². The number of carbonyl (C=O) groups excluding carboxylic acids is 1. The summed E-state index contributed by atoms with van der Waals surface area (Å²) in [4.78, 5) is 15.9. The molecule has 106 valence electrons. The van der Waals surface area contributed by atoms with Crippen molar-refractivity contribution in [2.45, 2.75) is 32.9 Å². The van der Waals surface area contributed by atoms with Crippen molar-refractivity contribution in [2.75, 3.05) is 0 Å². The van der Waals surface area contributed by atoms with Gasteiger partial charge in [-0.15, -0.1) is 0 Å². The molecule has 0 saturated heterocycles. The molecule has 2 aromatic rings. The molecule has 0 saturated carbocycles. The molecule has 1 aromatic heterocycles. The second-order valence-corrected chi connectivity index (χ2v) is 6.35. The Balaban J connectivity index is 2.07. The molecule has 0 spiro atoms. The van der Waals surface area contributed by atoms with Crippen molar-refractivity contribution < 1.29 is 9.53 Å². The van der Waals surface area contributed by atoms with E-state index in [1.807, 2.05) is 45.0 Å². The minimum absolute atomic E-state index is 0.339. The largest absolute Gasteiger partial charge is 0.444 e. The SMILES string of the molecule is CC(C)(C)OC(=O)NCc1cc2c(Br)cccc2cn1. The first-order valence-electron chi connectivity index (χ1n) is 6.35. The number of pyridine rings is 1. The molecule has 1 aromatic carbocycles. The molecule has 0 aliphatic carbocycles. The van der Waals surface area contributed by atoms with E-state index in [9.17, 15) is 4.79 Å². The quantitative estimate of drug-likeness (QED) is 0.900. The van der Waals surface area contributed by atoms with E-state index in [0.29, 0.717) is 6.54 Å².